The molecule has 1 unspecified atom stereocenters. The van der Waals surface area contributed by atoms with Gasteiger partial charge in [0.1, 0.15) is 5.84 Å². The molecule has 1 aromatic heterocycles. The van der Waals surface area contributed by atoms with Gasteiger partial charge in [0, 0.05) is 31.4 Å². The number of amidine groups is 1. The van der Waals surface area contributed by atoms with Crippen molar-refractivity contribution in [1.29, 1.82) is 0 Å². The van der Waals surface area contributed by atoms with Crippen LogP contribution in [0.25, 0.3) is 0 Å². The lowest BCUT2D eigenvalue weighted by molar-refractivity contribution is 0.315. The molecule has 5 nitrogen and oxygen atoms in total. The van der Waals surface area contributed by atoms with Crippen molar-refractivity contribution in [3.05, 3.63) is 30.1 Å². The summed E-state index contributed by atoms with van der Waals surface area (Å²) in [6.07, 6.45) is 5.02. The minimum absolute atomic E-state index is 0.226. The van der Waals surface area contributed by atoms with Gasteiger partial charge >= 0.3 is 0 Å². The molecule has 0 saturated heterocycles. The smallest absolute Gasteiger partial charge is 0.140 e. The molecule has 0 aliphatic rings. The van der Waals surface area contributed by atoms with Crippen LogP contribution in [-0.4, -0.2) is 22.1 Å². The Morgan fingerprint density at radius 1 is 1.56 bits per heavy atom. The van der Waals surface area contributed by atoms with E-state index in [9.17, 15) is 0 Å². The van der Waals surface area contributed by atoms with Crippen LogP contribution in [0, 0.1) is 0 Å². The van der Waals surface area contributed by atoms with Gasteiger partial charge in [0.05, 0.1) is 0 Å². The Kier molecular flexibility index (Phi) is 5.28. The van der Waals surface area contributed by atoms with Gasteiger partial charge in [-0.1, -0.05) is 12.1 Å². The fourth-order valence-electron chi connectivity index (χ4n) is 1.42. The first-order chi connectivity index (χ1) is 7.76. The Hall–Kier alpha value is -1.62. The minimum Gasteiger partial charge on any atom is -0.409 e. The minimum atomic E-state index is 0.226. The summed E-state index contributed by atoms with van der Waals surface area (Å²) in [4.78, 5) is 3.95. The Morgan fingerprint density at radius 3 is 2.81 bits per heavy atom. The first-order valence-corrected chi connectivity index (χ1v) is 5.35. The van der Waals surface area contributed by atoms with Gasteiger partial charge in [-0.15, -0.1) is 0 Å². The maximum atomic E-state index is 8.49. The van der Waals surface area contributed by atoms with Gasteiger partial charge in [0.2, 0.25) is 0 Å². The summed E-state index contributed by atoms with van der Waals surface area (Å²) in [6.45, 7) is 2.83. The van der Waals surface area contributed by atoms with Crippen molar-refractivity contribution in [2.75, 3.05) is 0 Å². The molecule has 0 fully saturated rings. The predicted molar refractivity (Wildman–Crippen MR) is 63.2 cm³/mol. The molecule has 0 aromatic carbocycles. The van der Waals surface area contributed by atoms with E-state index in [1.807, 2.05) is 12.1 Å². The van der Waals surface area contributed by atoms with Gasteiger partial charge in [-0.2, -0.15) is 0 Å². The fraction of sp³-hybridized carbons (Fsp3) is 0.455. The van der Waals surface area contributed by atoms with Crippen LogP contribution in [0.15, 0.2) is 29.7 Å². The molecule has 0 aliphatic heterocycles. The number of rotatable bonds is 6. The zero-order valence-corrected chi connectivity index (χ0v) is 9.43. The monoisotopic (exact) mass is 222 g/mol. The second kappa shape index (κ2) is 6.79. The Bertz CT molecular complexity index is 326. The van der Waals surface area contributed by atoms with Gasteiger partial charge in [0.15, 0.2) is 0 Å². The van der Waals surface area contributed by atoms with Crippen molar-refractivity contribution in [3.63, 3.8) is 0 Å². The van der Waals surface area contributed by atoms with E-state index in [0.29, 0.717) is 6.42 Å². The molecule has 16 heavy (non-hydrogen) atoms. The summed E-state index contributed by atoms with van der Waals surface area (Å²) in [7, 11) is 0. The van der Waals surface area contributed by atoms with Crippen molar-refractivity contribution < 1.29 is 5.21 Å². The van der Waals surface area contributed by atoms with Gasteiger partial charge < -0.3 is 16.3 Å². The van der Waals surface area contributed by atoms with E-state index in [0.717, 1.165) is 13.0 Å². The quantitative estimate of drug-likeness (QED) is 0.291. The first kappa shape index (κ1) is 12.4. The lowest BCUT2D eigenvalue weighted by Gasteiger charge is -2.15. The zero-order chi connectivity index (χ0) is 11.8. The molecule has 1 atom stereocenters. The van der Waals surface area contributed by atoms with Crippen molar-refractivity contribution in [3.8, 4) is 0 Å². The van der Waals surface area contributed by atoms with Crippen LogP contribution >= 0.6 is 0 Å². The molecular weight excluding hydrogens is 204 g/mol. The average molecular weight is 222 g/mol. The van der Waals surface area contributed by atoms with Gasteiger partial charge in [-0.05, 0) is 24.1 Å². The van der Waals surface area contributed by atoms with E-state index in [4.69, 9.17) is 10.9 Å². The number of nitrogens with two attached hydrogens (primary N) is 1. The molecule has 0 saturated carbocycles. The molecule has 4 N–H and O–H groups in total. The summed E-state index contributed by atoms with van der Waals surface area (Å²) in [5.41, 5.74) is 6.64. The van der Waals surface area contributed by atoms with Crippen molar-refractivity contribution in [1.82, 2.24) is 10.3 Å². The molecule has 0 aliphatic carbocycles. The standard InChI is InChI=1S/C11H18N4O/c1-2-10(7-11(12)15-16)14-8-9-3-5-13-6-4-9/h3-6,10,14,16H,2,7-8H2,1H3,(H2,12,15). The summed E-state index contributed by atoms with van der Waals surface area (Å²) in [5, 5.41) is 14.8. The third-order valence-electron chi connectivity index (χ3n) is 2.42. The third-order valence-corrected chi connectivity index (χ3v) is 2.42. The highest BCUT2D eigenvalue weighted by Gasteiger charge is 2.07. The lowest BCUT2D eigenvalue weighted by Crippen LogP contribution is -2.32. The topological polar surface area (TPSA) is 83.5 Å². The van der Waals surface area contributed by atoms with Crippen LogP contribution in [-0.2, 0) is 6.54 Å². The highest BCUT2D eigenvalue weighted by atomic mass is 16.4. The van der Waals surface area contributed by atoms with E-state index in [1.165, 1.54) is 5.56 Å². The van der Waals surface area contributed by atoms with Crippen LogP contribution in [0.2, 0.25) is 0 Å². The number of hydrogen-bond donors (Lipinski definition) is 3. The van der Waals surface area contributed by atoms with Crippen LogP contribution < -0.4 is 11.1 Å². The van der Waals surface area contributed by atoms with Crippen molar-refractivity contribution >= 4 is 5.84 Å². The summed E-state index contributed by atoms with van der Waals surface area (Å²) < 4.78 is 0. The highest BCUT2D eigenvalue weighted by molar-refractivity contribution is 5.80. The summed E-state index contributed by atoms with van der Waals surface area (Å²) in [6, 6.07) is 4.15. The number of hydrogen-bond acceptors (Lipinski definition) is 4. The van der Waals surface area contributed by atoms with Gasteiger partial charge in [0.25, 0.3) is 0 Å². The molecule has 0 radical (unpaired) electrons. The Balaban J connectivity index is 2.40. The summed E-state index contributed by atoms with van der Waals surface area (Å²) in [5.74, 6) is 0.258. The molecule has 0 bridgehead atoms. The largest absolute Gasteiger partial charge is 0.409 e. The SMILES string of the molecule is CCC(CC(N)=NO)NCc1ccncc1. The molecule has 0 spiro atoms. The molecule has 0 amide bonds. The van der Waals surface area contributed by atoms with E-state index in [2.05, 4.69) is 22.4 Å². The predicted octanol–water partition coefficient (Wildman–Crippen LogP) is 1.09. The molecular formula is C11H18N4O. The fourth-order valence-corrected chi connectivity index (χ4v) is 1.42. The van der Waals surface area contributed by atoms with E-state index in [-0.39, 0.29) is 11.9 Å². The van der Waals surface area contributed by atoms with Crippen molar-refractivity contribution in [2.24, 2.45) is 10.9 Å². The maximum absolute atomic E-state index is 8.49. The lowest BCUT2D eigenvalue weighted by atomic mass is 10.1. The second-order valence-corrected chi connectivity index (χ2v) is 3.64. The van der Waals surface area contributed by atoms with Gasteiger partial charge in [-0.3, -0.25) is 4.98 Å². The maximum Gasteiger partial charge on any atom is 0.140 e. The van der Waals surface area contributed by atoms with Crippen LogP contribution in [0.3, 0.4) is 0 Å². The van der Waals surface area contributed by atoms with Crippen molar-refractivity contribution in [2.45, 2.75) is 32.4 Å². The Labute approximate surface area is 95.4 Å². The van der Waals surface area contributed by atoms with Crippen LogP contribution in [0.1, 0.15) is 25.3 Å². The van der Waals surface area contributed by atoms with E-state index in [1.54, 1.807) is 12.4 Å². The molecule has 1 rings (SSSR count). The number of nitrogens with zero attached hydrogens (tertiary/aromatic N) is 2. The van der Waals surface area contributed by atoms with E-state index >= 15 is 0 Å². The van der Waals surface area contributed by atoms with Crippen LogP contribution in [0.4, 0.5) is 0 Å². The van der Waals surface area contributed by atoms with Crippen LogP contribution in [0.5, 0.6) is 0 Å². The Morgan fingerprint density at radius 2 is 2.25 bits per heavy atom. The highest BCUT2D eigenvalue weighted by Crippen LogP contribution is 2.01. The van der Waals surface area contributed by atoms with E-state index < -0.39 is 0 Å². The summed E-state index contributed by atoms with van der Waals surface area (Å²) >= 11 is 0. The molecule has 1 heterocycles. The zero-order valence-electron chi connectivity index (χ0n) is 9.43. The second-order valence-electron chi connectivity index (χ2n) is 3.64. The number of pyridine rings is 1. The number of nitrogens with one attached hydrogen (secondary N) is 1. The number of oxime groups is 1. The molecule has 5 heteroatoms. The third kappa shape index (κ3) is 4.27. The average Bonchev–Trinajstić information content (AvgIpc) is 2.35. The van der Waals surface area contributed by atoms with Gasteiger partial charge in [-0.25, -0.2) is 0 Å². The normalized spacial score (nSPS) is 13.7. The molecule has 1 aromatic rings. The first-order valence-electron chi connectivity index (χ1n) is 5.35. The molecule has 88 valence electrons. The number of aromatic nitrogens is 1.